The van der Waals surface area contributed by atoms with Crippen LogP contribution in [0.1, 0.15) is 29.3 Å². The predicted molar refractivity (Wildman–Crippen MR) is 123 cm³/mol. The van der Waals surface area contributed by atoms with Crippen molar-refractivity contribution in [2.75, 3.05) is 25.1 Å². The largest absolute Gasteiger partial charge is 0.397 e. The minimum absolute atomic E-state index is 0.222. The quantitative estimate of drug-likeness (QED) is 0.383. The van der Waals surface area contributed by atoms with Crippen LogP contribution in [0.2, 0.25) is 0 Å². The van der Waals surface area contributed by atoms with Gasteiger partial charge in [-0.3, -0.25) is 4.79 Å². The van der Waals surface area contributed by atoms with Crippen LogP contribution in [-0.2, 0) is 0 Å². The maximum atomic E-state index is 12.7. The highest BCUT2D eigenvalue weighted by Gasteiger charge is 2.13. The highest BCUT2D eigenvalue weighted by atomic mass is 32.1. The highest BCUT2D eigenvalue weighted by molar-refractivity contribution is 7.13. The van der Waals surface area contributed by atoms with Gasteiger partial charge in [-0.2, -0.15) is 0 Å². The van der Waals surface area contributed by atoms with Crippen LogP contribution in [0.15, 0.2) is 60.0 Å². The Kier molecular flexibility index (Phi) is 6.46. The first-order valence-electron chi connectivity index (χ1n) is 9.44. The molecule has 0 aliphatic rings. The zero-order chi connectivity index (χ0) is 21.0. The van der Waals surface area contributed by atoms with Gasteiger partial charge in [-0.15, -0.1) is 11.3 Å². The van der Waals surface area contributed by atoms with Crippen molar-refractivity contribution in [1.82, 2.24) is 4.90 Å². The van der Waals surface area contributed by atoms with Gasteiger partial charge in [0, 0.05) is 28.6 Å². The standard InChI is InChI=1S/C23H26N4OS/c1-15(27(2)3)13-20(25)16-6-8-17(9-7-16)23(28)26-21-14-18(10-11-19(21)24)22-5-4-12-29-22/h4-12,14-15,25H,13,24H2,1-3H3,(H,26,28)/t15-/m0/s1. The fourth-order valence-electron chi connectivity index (χ4n) is 2.87. The van der Waals surface area contributed by atoms with Crippen molar-refractivity contribution >= 4 is 34.3 Å². The lowest BCUT2D eigenvalue weighted by Gasteiger charge is -2.20. The Balaban J connectivity index is 1.71. The van der Waals surface area contributed by atoms with Gasteiger partial charge in [-0.1, -0.05) is 24.3 Å². The summed E-state index contributed by atoms with van der Waals surface area (Å²) in [5.41, 5.74) is 10.1. The molecule has 1 aromatic heterocycles. The molecule has 4 N–H and O–H groups in total. The van der Waals surface area contributed by atoms with Crippen molar-refractivity contribution in [3.05, 3.63) is 71.1 Å². The topological polar surface area (TPSA) is 82.2 Å². The van der Waals surface area contributed by atoms with Crippen LogP contribution in [-0.4, -0.2) is 36.7 Å². The molecule has 6 heteroatoms. The Morgan fingerprint density at radius 1 is 1.14 bits per heavy atom. The van der Waals surface area contributed by atoms with Gasteiger partial charge >= 0.3 is 0 Å². The molecule has 150 valence electrons. The maximum Gasteiger partial charge on any atom is 0.255 e. The lowest BCUT2D eigenvalue weighted by atomic mass is 10.0. The number of rotatable bonds is 7. The molecular weight excluding hydrogens is 380 g/mol. The molecule has 1 atom stereocenters. The Morgan fingerprint density at radius 2 is 1.83 bits per heavy atom. The van der Waals surface area contributed by atoms with E-state index in [1.165, 1.54) is 0 Å². The van der Waals surface area contributed by atoms with Crippen molar-refractivity contribution in [3.8, 4) is 10.4 Å². The number of nitrogens with zero attached hydrogens (tertiary/aromatic N) is 1. The maximum absolute atomic E-state index is 12.7. The molecule has 0 aliphatic carbocycles. The van der Waals surface area contributed by atoms with Crippen LogP contribution < -0.4 is 11.1 Å². The van der Waals surface area contributed by atoms with Crippen molar-refractivity contribution in [2.24, 2.45) is 0 Å². The van der Waals surface area contributed by atoms with Crippen molar-refractivity contribution in [3.63, 3.8) is 0 Å². The Labute approximate surface area is 175 Å². The fourth-order valence-corrected chi connectivity index (χ4v) is 3.60. The molecule has 3 aromatic rings. The molecule has 0 fully saturated rings. The number of nitrogen functional groups attached to an aromatic ring is 1. The summed E-state index contributed by atoms with van der Waals surface area (Å²) in [6.45, 7) is 2.09. The second kappa shape index (κ2) is 9.03. The molecule has 2 aromatic carbocycles. The monoisotopic (exact) mass is 406 g/mol. The molecule has 0 aliphatic heterocycles. The zero-order valence-corrected chi connectivity index (χ0v) is 17.7. The number of hydrogen-bond acceptors (Lipinski definition) is 5. The molecule has 5 nitrogen and oxygen atoms in total. The van der Waals surface area contributed by atoms with Crippen LogP contribution in [0.5, 0.6) is 0 Å². The summed E-state index contributed by atoms with van der Waals surface area (Å²) in [7, 11) is 4.01. The van der Waals surface area contributed by atoms with Crippen LogP contribution >= 0.6 is 11.3 Å². The summed E-state index contributed by atoms with van der Waals surface area (Å²) < 4.78 is 0. The lowest BCUT2D eigenvalue weighted by molar-refractivity contribution is 0.102. The third kappa shape index (κ3) is 5.10. The summed E-state index contributed by atoms with van der Waals surface area (Å²) in [4.78, 5) is 15.9. The molecule has 3 rings (SSSR count). The molecule has 0 radical (unpaired) electrons. The number of carbonyl (C=O) groups excluding carboxylic acids is 1. The second-order valence-electron chi connectivity index (χ2n) is 7.31. The summed E-state index contributed by atoms with van der Waals surface area (Å²) in [6, 6.07) is 17.1. The van der Waals surface area contributed by atoms with Crippen LogP contribution in [0, 0.1) is 5.41 Å². The van der Waals surface area contributed by atoms with E-state index in [9.17, 15) is 4.79 Å². The molecule has 0 saturated heterocycles. The van der Waals surface area contributed by atoms with Crippen molar-refractivity contribution in [2.45, 2.75) is 19.4 Å². The number of nitrogens with two attached hydrogens (primary N) is 1. The summed E-state index contributed by atoms with van der Waals surface area (Å²) in [5.74, 6) is -0.222. The third-order valence-electron chi connectivity index (χ3n) is 4.98. The average molecular weight is 407 g/mol. The van der Waals surface area contributed by atoms with E-state index < -0.39 is 0 Å². The zero-order valence-electron chi connectivity index (χ0n) is 16.9. The summed E-state index contributed by atoms with van der Waals surface area (Å²) >= 11 is 1.64. The molecular formula is C23H26N4OS. The Hall–Kier alpha value is -2.96. The van der Waals surface area contributed by atoms with Gasteiger partial charge < -0.3 is 21.4 Å². The number of thiophene rings is 1. The summed E-state index contributed by atoms with van der Waals surface area (Å²) in [6.07, 6.45) is 0.657. The number of nitrogens with one attached hydrogen (secondary N) is 2. The number of hydrogen-bond donors (Lipinski definition) is 3. The van der Waals surface area contributed by atoms with Crippen molar-refractivity contribution in [1.29, 1.82) is 5.41 Å². The first kappa shape index (κ1) is 20.8. The number of anilines is 2. The molecule has 0 spiro atoms. The minimum Gasteiger partial charge on any atom is -0.397 e. The molecule has 29 heavy (non-hydrogen) atoms. The third-order valence-corrected chi connectivity index (χ3v) is 5.90. The van der Waals surface area contributed by atoms with Crippen molar-refractivity contribution < 1.29 is 4.79 Å². The molecule has 1 heterocycles. The van der Waals surface area contributed by atoms with E-state index in [0.717, 1.165) is 16.0 Å². The Morgan fingerprint density at radius 3 is 2.45 bits per heavy atom. The fraction of sp³-hybridized carbons (Fsp3) is 0.217. The SMILES string of the molecule is C[C@@H](CC(=N)c1ccc(C(=O)Nc2cc(-c3cccs3)ccc2N)cc1)N(C)C. The normalized spacial score (nSPS) is 12.0. The van der Waals surface area contributed by atoms with Gasteiger partial charge in [0.1, 0.15) is 0 Å². The molecule has 0 saturated carbocycles. The lowest BCUT2D eigenvalue weighted by Crippen LogP contribution is -2.27. The molecule has 0 unspecified atom stereocenters. The second-order valence-corrected chi connectivity index (χ2v) is 8.25. The van der Waals surface area contributed by atoms with E-state index in [1.54, 1.807) is 29.5 Å². The number of amides is 1. The van der Waals surface area contributed by atoms with Gasteiger partial charge in [0.25, 0.3) is 5.91 Å². The van der Waals surface area contributed by atoms with E-state index in [1.807, 2.05) is 55.9 Å². The van der Waals surface area contributed by atoms with E-state index in [4.69, 9.17) is 11.1 Å². The number of benzene rings is 2. The smallest absolute Gasteiger partial charge is 0.255 e. The molecule has 1 amide bonds. The summed E-state index contributed by atoms with van der Waals surface area (Å²) in [5, 5.41) is 13.2. The van der Waals surface area contributed by atoms with Crippen LogP contribution in [0.25, 0.3) is 10.4 Å². The van der Waals surface area contributed by atoms with Gasteiger partial charge in [0.15, 0.2) is 0 Å². The van der Waals surface area contributed by atoms with Crippen LogP contribution in [0.4, 0.5) is 11.4 Å². The van der Waals surface area contributed by atoms with E-state index in [0.29, 0.717) is 29.1 Å². The van der Waals surface area contributed by atoms with E-state index >= 15 is 0 Å². The number of carbonyl (C=O) groups is 1. The van der Waals surface area contributed by atoms with Gasteiger partial charge in [-0.05, 0) is 67.9 Å². The van der Waals surface area contributed by atoms with Crippen LogP contribution in [0.3, 0.4) is 0 Å². The van der Waals surface area contributed by atoms with E-state index in [-0.39, 0.29) is 11.9 Å². The van der Waals surface area contributed by atoms with Gasteiger partial charge in [0.05, 0.1) is 11.4 Å². The minimum atomic E-state index is -0.222. The highest BCUT2D eigenvalue weighted by Crippen LogP contribution is 2.30. The van der Waals surface area contributed by atoms with Gasteiger partial charge in [0.2, 0.25) is 0 Å². The van der Waals surface area contributed by atoms with Gasteiger partial charge in [-0.25, -0.2) is 0 Å². The first-order chi connectivity index (χ1) is 13.8. The Bertz CT molecular complexity index is 994. The molecule has 0 bridgehead atoms. The van der Waals surface area contributed by atoms with E-state index in [2.05, 4.69) is 17.1 Å². The first-order valence-corrected chi connectivity index (χ1v) is 10.3. The average Bonchev–Trinajstić information content (AvgIpc) is 3.24. The predicted octanol–water partition coefficient (Wildman–Crippen LogP) is 4.96.